The normalized spacial score (nSPS) is 19.2. The lowest BCUT2D eigenvalue weighted by atomic mass is 10.1. The van der Waals surface area contributed by atoms with E-state index < -0.39 is 5.79 Å². The fourth-order valence-corrected chi connectivity index (χ4v) is 3.18. The van der Waals surface area contributed by atoms with Gasteiger partial charge in [0.05, 0.1) is 17.7 Å². The molecule has 7 heteroatoms. The zero-order valence-electron chi connectivity index (χ0n) is 13.8. The van der Waals surface area contributed by atoms with Crippen molar-refractivity contribution in [3.63, 3.8) is 0 Å². The molecule has 0 amide bonds. The van der Waals surface area contributed by atoms with Crippen molar-refractivity contribution in [3.8, 4) is 11.8 Å². The molecule has 0 aliphatic carbocycles. The van der Waals surface area contributed by atoms with Crippen LogP contribution in [-0.2, 0) is 9.47 Å². The Kier molecular flexibility index (Phi) is 3.76. The summed E-state index contributed by atoms with van der Waals surface area (Å²) in [6.07, 6.45) is 1.45. The van der Waals surface area contributed by atoms with E-state index in [2.05, 4.69) is 28.8 Å². The Morgan fingerprint density at radius 2 is 2.04 bits per heavy atom. The summed E-state index contributed by atoms with van der Waals surface area (Å²) in [6.45, 7) is 4.18. The summed E-state index contributed by atoms with van der Waals surface area (Å²) in [6, 6.07) is 11.6. The zero-order valence-corrected chi connectivity index (χ0v) is 14.7. The fourth-order valence-electron chi connectivity index (χ4n) is 3.03. The van der Waals surface area contributed by atoms with E-state index >= 15 is 0 Å². The van der Waals surface area contributed by atoms with Crippen molar-refractivity contribution in [3.05, 3.63) is 47.8 Å². The number of nitrogens with zero attached hydrogens (tertiary/aromatic N) is 4. The lowest BCUT2D eigenvalue weighted by Gasteiger charge is -2.17. The zero-order chi connectivity index (χ0) is 17.6. The van der Waals surface area contributed by atoms with Gasteiger partial charge in [0, 0.05) is 11.1 Å². The predicted molar refractivity (Wildman–Crippen MR) is 94.7 cm³/mol. The number of fused-ring (bicyclic) bond motifs is 1. The molecule has 1 fully saturated rings. The van der Waals surface area contributed by atoms with Crippen molar-refractivity contribution in [2.45, 2.75) is 30.6 Å². The maximum atomic E-state index is 9.57. The Morgan fingerprint density at radius 1 is 1.28 bits per heavy atom. The van der Waals surface area contributed by atoms with E-state index in [4.69, 9.17) is 9.47 Å². The molecule has 1 aliphatic rings. The molecule has 0 saturated carbocycles. The Bertz CT molecular complexity index is 989. The highest BCUT2D eigenvalue weighted by molar-refractivity contribution is 7.80. The van der Waals surface area contributed by atoms with E-state index in [0.29, 0.717) is 23.3 Å². The minimum atomic E-state index is -0.647. The lowest BCUT2D eigenvalue weighted by Crippen LogP contribution is -2.19. The maximum absolute atomic E-state index is 9.57. The van der Waals surface area contributed by atoms with Gasteiger partial charge in [-0.2, -0.15) is 10.4 Å². The molecule has 0 spiro atoms. The second kappa shape index (κ2) is 5.85. The number of pyridine rings is 1. The van der Waals surface area contributed by atoms with E-state index in [1.165, 1.54) is 0 Å². The molecule has 3 aromatic rings. The summed E-state index contributed by atoms with van der Waals surface area (Å²) >= 11 is 4.30. The number of aromatic nitrogens is 3. The van der Waals surface area contributed by atoms with E-state index in [0.717, 1.165) is 16.1 Å². The monoisotopic (exact) mass is 352 g/mol. The maximum Gasteiger partial charge on any atom is 0.172 e. The van der Waals surface area contributed by atoms with Crippen molar-refractivity contribution < 1.29 is 9.47 Å². The second-order valence-corrected chi connectivity index (χ2v) is 6.82. The van der Waals surface area contributed by atoms with Gasteiger partial charge in [-0.3, -0.25) is 0 Å². The van der Waals surface area contributed by atoms with Gasteiger partial charge >= 0.3 is 0 Å². The number of rotatable bonds is 2. The van der Waals surface area contributed by atoms with Gasteiger partial charge in [0.2, 0.25) is 0 Å². The predicted octanol–water partition coefficient (Wildman–Crippen LogP) is 3.40. The molecule has 1 saturated heterocycles. The fraction of sp³-hybridized carbons (Fsp3) is 0.278. The first-order valence-corrected chi connectivity index (χ1v) is 8.32. The van der Waals surface area contributed by atoms with Crippen molar-refractivity contribution in [2.75, 3.05) is 6.61 Å². The van der Waals surface area contributed by atoms with Crippen LogP contribution < -0.4 is 0 Å². The van der Waals surface area contributed by atoms with Crippen LogP contribution in [0.4, 0.5) is 0 Å². The molecule has 0 N–H and O–H groups in total. The Morgan fingerprint density at radius 3 is 2.68 bits per heavy atom. The molecule has 6 nitrogen and oxygen atoms in total. The number of thiol groups is 1. The number of ether oxygens (including phenoxy) is 2. The van der Waals surface area contributed by atoms with Crippen LogP contribution in [0.5, 0.6) is 0 Å². The molecule has 2 aromatic heterocycles. The molecule has 1 aliphatic heterocycles. The van der Waals surface area contributed by atoms with Gasteiger partial charge in [-0.15, -0.1) is 12.6 Å². The largest absolute Gasteiger partial charge is 0.347 e. The average molecular weight is 352 g/mol. The first-order chi connectivity index (χ1) is 12.0. The minimum Gasteiger partial charge on any atom is -0.347 e. The van der Waals surface area contributed by atoms with Gasteiger partial charge < -0.3 is 9.47 Å². The first-order valence-electron chi connectivity index (χ1n) is 7.87. The summed E-state index contributed by atoms with van der Waals surface area (Å²) in [5.41, 5.74) is 2.62. The van der Waals surface area contributed by atoms with Crippen molar-refractivity contribution in [1.29, 1.82) is 5.26 Å². The quantitative estimate of drug-likeness (QED) is 0.716. The highest BCUT2D eigenvalue weighted by atomic mass is 32.1. The SMILES string of the molecule is CC1(C)OCC(c2ccnc3c2c(C#N)nn3-c2ccc(S)cc2)O1. The third-order valence-electron chi connectivity index (χ3n) is 4.16. The molecule has 4 rings (SSSR count). The van der Waals surface area contributed by atoms with Crippen LogP contribution in [0.25, 0.3) is 16.7 Å². The average Bonchev–Trinajstić information content (AvgIpc) is 3.15. The standard InChI is InChI=1S/C18H16N4O2S/c1-18(2)23-10-15(24-18)13-7-8-20-17-16(13)14(9-19)21-22(17)11-3-5-12(25)6-4-11/h3-8,15,25H,10H2,1-2H3. The van der Waals surface area contributed by atoms with Gasteiger partial charge in [-0.05, 0) is 49.7 Å². The Balaban J connectivity index is 1.90. The molecule has 25 heavy (non-hydrogen) atoms. The van der Waals surface area contributed by atoms with Crippen molar-refractivity contribution in [2.24, 2.45) is 0 Å². The summed E-state index contributed by atoms with van der Waals surface area (Å²) in [5, 5.41) is 14.7. The summed E-state index contributed by atoms with van der Waals surface area (Å²) in [7, 11) is 0. The number of benzene rings is 1. The number of nitriles is 1. The van der Waals surface area contributed by atoms with Crippen molar-refractivity contribution >= 4 is 23.7 Å². The van der Waals surface area contributed by atoms with Gasteiger partial charge in [0.25, 0.3) is 0 Å². The number of hydrogen-bond donors (Lipinski definition) is 1. The smallest absolute Gasteiger partial charge is 0.172 e. The van der Waals surface area contributed by atoms with Gasteiger partial charge in [-0.1, -0.05) is 0 Å². The van der Waals surface area contributed by atoms with Crippen LogP contribution in [0.2, 0.25) is 0 Å². The van der Waals surface area contributed by atoms with Crippen LogP contribution in [0.3, 0.4) is 0 Å². The summed E-state index contributed by atoms with van der Waals surface area (Å²) in [4.78, 5) is 5.31. The molecule has 1 unspecified atom stereocenters. The van der Waals surface area contributed by atoms with Crippen LogP contribution >= 0.6 is 12.6 Å². The van der Waals surface area contributed by atoms with Crippen molar-refractivity contribution in [1.82, 2.24) is 14.8 Å². The first kappa shape index (κ1) is 16.1. The van der Waals surface area contributed by atoms with Crippen LogP contribution in [-0.4, -0.2) is 27.2 Å². The molecule has 3 heterocycles. The van der Waals surface area contributed by atoms with Gasteiger partial charge in [0.1, 0.15) is 12.2 Å². The summed E-state index contributed by atoms with van der Waals surface area (Å²) < 4.78 is 13.3. The highest BCUT2D eigenvalue weighted by Gasteiger charge is 2.35. The lowest BCUT2D eigenvalue weighted by molar-refractivity contribution is -0.138. The number of hydrogen-bond acceptors (Lipinski definition) is 6. The topological polar surface area (TPSA) is 73.0 Å². The molecule has 0 bridgehead atoms. The molecule has 0 radical (unpaired) electrons. The summed E-state index contributed by atoms with van der Waals surface area (Å²) in [5.74, 6) is -0.647. The van der Waals surface area contributed by atoms with Gasteiger partial charge in [0.15, 0.2) is 17.1 Å². The van der Waals surface area contributed by atoms with E-state index in [1.54, 1.807) is 10.9 Å². The van der Waals surface area contributed by atoms with Crippen LogP contribution in [0.1, 0.15) is 31.2 Å². The Labute approximate surface area is 150 Å². The van der Waals surface area contributed by atoms with Crippen LogP contribution in [0.15, 0.2) is 41.4 Å². The molecular formula is C18H16N4O2S. The molecular weight excluding hydrogens is 336 g/mol. The Hall–Kier alpha value is -2.40. The highest BCUT2D eigenvalue weighted by Crippen LogP contribution is 2.37. The minimum absolute atomic E-state index is 0.259. The van der Waals surface area contributed by atoms with Gasteiger partial charge in [-0.25, -0.2) is 9.67 Å². The van der Waals surface area contributed by atoms with E-state index in [9.17, 15) is 5.26 Å². The van der Waals surface area contributed by atoms with E-state index in [-0.39, 0.29) is 6.10 Å². The molecule has 1 atom stereocenters. The third-order valence-corrected chi connectivity index (χ3v) is 4.45. The van der Waals surface area contributed by atoms with E-state index in [1.807, 2.05) is 44.2 Å². The third kappa shape index (κ3) is 2.78. The second-order valence-electron chi connectivity index (χ2n) is 6.30. The van der Waals surface area contributed by atoms with Crippen LogP contribution in [0, 0.1) is 11.3 Å². The molecule has 1 aromatic carbocycles. The molecule has 126 valence electrons.